The molecule has 0 heterocycles. The van der Waals surface area contributed by atoms with Gasteiger partial charge < -0.3 is 5.32 Å². The first-order valence-electron chi connectivity index (χ1n) is 6.53. The van der Waals surface area contributed by atoms with Crippen LogP contribution in [0.2, 0.25) is 0 Å². The fraction of sp³-hybridized carbons (Fsp3) is 0.250. The van der Waals surface area contributed by atoms with Crippen molar-refractivity contribution < 1.29 is 4.39 Å². The molecule has 0 fully saturated rings. The highest BCUT2D eigenvalue weighted by atomic mass is 79.9. The van der Waals surface area contributed by atoms with Crippen LogP contribution in [0.5, 0.6) is 0 Å². The van der Waals surface area contributed by atoms with Gasteiger partial charge in [0, 0.05) is 15.0 Å². The Labute approximate surface area is 135 Å². The molecule has 2 aromatic rings. The Morgan fingerprint density at radius 3 is 2.55 bits per heavy atom. The third-order valence-corrected chi connectivity index (χ3v) is 4.35. The monoisotopic (exact) mass is 399 g/mol. The summed E-state index contributed by atoms with van der Waals surface area (Å²) in [6, 6.07) is 13.3. The van der Waals surface area contributed by atoms with Gasteiger partial charge in [-0.25, -0.2) is 4.39 Å². The first kappa shape index (κ1) is 15.7. The van der Waals surface area contributed by atoms with Crippen molar-refractivity contribution in [2.24, 2.45) is 0 Å². The molecule has 0 spiro atoms. The second kappa shape index (κ2) is 7.34. The van der Waals surface area contributed by atoms with E-state index in [2.05, 4.69) is 50.2 Å². The Morgan fingerprint density at radius 2 is 1.90 bits per heavy atom. The lowest BCUT2D eigenvalue weighted by atomic mass is 9.99. The summed E-state index contributed by atoms with van der Waals surface area (Å²) in [5, 5.41) is 3.42. The average molecular weight is 401 g/mol. The number of likely N-dealkylation sites (N-methyl/N-ethyl adjacent to an activating group) is 1. The van der Waals surface area contributed by atoms with Gasteiger partial charge in [0.05, 0.1) is 0 Å². The molecule has 1 atom stereocenters. The number of hydrogen-bond donors (Lipinski definition) is 1. The second-order valence-electron chi connectivity index (χ2n) is 4.61. The third-order valence-electron chi connectivity index (χ3n) is 3.12. The Hall–Kier alpha value is -0.710. The molecule has 4 heteroatoms. The maximum atomic E-state index is 13.6. The molecule has 2 rings (SSSR count). The van der Waals surface area contributed by atoms with E-state index < -0.39 is 0 Å². The second-order valence-corrected chi connectivity index (χ2v) is 6.38. The molecule has 0 amide bonds. The van der Waals surface area contributed by atoms with Crippen molar-refractivity contribution in [3.8, 4) is 0 Å². The number of nitrogens with one attached hydrogen (secondary N) is 1. The SMILES string of the molecule is CCNC(Cc1ccccc1Br)c1cc(F)cc(Br)c1. The smallest absolute Gasteiger partial charge is 0.124 e. The van der Waals surface area contributed by atoms with E-state index in [1.165, 1.54) is 11.6 Å². The van der Waals surface area contributed by atoms with Crippen LogP contribution in [0.15, 0.2) is 51.4 Å². The summed E-state index contributed by atoms with van der Waals surface area (Å²) in [5.41, 5.74) is 2.16. The third kappa shape index (κ3) is 4.14. The predicted octanol–water partition coefficient (Wildman–Crippen LogP) is 5.24. The van der Waals surface area contributed by atoms with Gasteiger partial charge in [-0.05, 0) is 48.4 Å². The lowest BCUT2D eigenvalue weighted by molar-refractivity contribution is 0.541. The summed E-state index contributed by atoms with van der Waals surface area (Å²) in [5.74, 6) is -0.218. The molecule has 1 N–H and O–H groups in total. The Balaban J connectivity index is 2.29. The standard InChI is InChI=1S/C16H16Br2FN/c1-2-20-16(9-11-5-3-4-6-15(11)18)12-7-13(17)10-14(19)8-12/h3-8,10,16,20H,2,9H2,1H3. The van der Waals surface area contributed by atoms with Crippen molar-refractivity contribution in [3.63, 3.8) is 0 Å². The van der Waals surface area contributed by atoms with E-state index in [4.69, 9.17) is 0 Å². The van der Waals surface area contributed by atoms with E-state index in [0.29, 0.717) is 0 Å². The molecule has 2 aromatic carbocycles. The van der Waals surface area contributed by atoms with Crippen molar-refractivity contribution in [3.05, 3.63) is 68.4 Å². The van der Waals surface area contributed by atoms with Gasteiger partial charge in [-0.15, -0.1) is 0 Å². The van der Waals surface area contributed by atoms with Crippen LogP contribution < -0.4 is 5.32 Å². The molecule has 0 aliphatic heterocycles. The van der Waals surface area contributed by atoms with Crippen LogP contribution in [0, 0.1) is 5.82 Å². The molecule has 0 aliphatic carbocycles. The highest BCUT2D eigenvalue weighted by molar-refractivity contribution is 9.10. The Kier molecular flexibility index (Phi) is 5.75. The van der Waals surface area contributed by atoms with Gasteiger partial charge in [0.1, 0.15) is 5.82 Å². The van der Waals surface area contributed by atoms with Crippen molar-refractivity contribution in [2.45, 2.75) is 19.4 Å². The summed E-state index contributed by atoms with van der Waals surface area (Å²) in [4.78, 5) is 0. The van der Waals surface area contributed by atoms with Crippen molar-refractivity contribution in [1.29, 1.82) is 0 Å². The van der Waals surface area contributed by atoms with Crippen LogP contribution >= 0.6 is 31.9 Å². The normalized spacial score (nSPS) is 12.4. The molecule has 1 unspecified atom stereocenters. The molecule has 20 heavy (non-hydrogen) atoms. The van der Waals surface area contributed by atoms with E-state index in [-0.39, 0.29) is 11.9 Å². The Morgan fingerprint density at radius 1 is 1.15 bits per heavy atom. The number of hydrogen-bond acceptors (Lipinski definition) is 1. The minimum absolute atomic E-state index is 0.0886. The van der Waals surface area contributed by atoms with Crippen LogP contribution in [-0.2, 0) is 6.42 Å². The van der Waals surface area contributed by atoms with Gasteiger partial charge in [-0.2, -0.15) is 0 Å². The summed E-state index contributed by atoms with van der Waals surface area (Å²) in [6.07, 6.45) is 0.811. The predicted molar refractivity (Wildman–Crippen MR) is 88.4 cm³/mol. The number of benzene rings is 2. The number of halogens is 3. The van der Waals surface area contributed by atoms with Gasteiger partial charge in [0.2, 0.25) is 0 Å². The van der Waals surface area contributed by atoms with Crippen molar-refractivity contribution in [1.82, 2.24) is 5.32 Å². The van der Waals surface area contributed by atoms with E-state index in [1.807, 2.05) is 24.3 Å². The zero-order valence-corrected chi connectivity index (χ0v) is 14.3. The van der Waals surface area contributed by atoms with Gasteiger partial charge in [0.15, 0.2) is 0 Å². The first-order chi connectivity index (χ1) is 9.60. The molecule has 0 saturated carbocycles. The van der Waals surface area contributed by atoms with Crippen molar-refractivity contribution in [2.75, 3.05) is 6.54 Å². The fourth-order valence-electron chi connectivity index (χ4n) is 2.21. The van der Waals surface area contributed by atoms with Gasteiger partial charge in [-0.1, -0.05) is 57.0 Å². The zero-order chi connectivity index (χ0) is 14.5. The lowest BCUT2D eigenvalue weighted by Crippen LogP contribution is -2.23. The molecule has 0 radical (unpaired) electrons. The van der Waals surface area contributed by atoms with Crippen LogP contribution in [0.1, 0.15) is 24.1 Å². The van der Waals surface area contributed by atoms with Crippen LogP contribution in [0.25, 0.3) is 0 Å². The first-order valence-corrected chi connectivity index (χ1v) is 8.11. The van der Waals surface area contributed by atoms with Gasteiger partial charge in [0.25, 0.3) is 0 Å². The average Bonchev–Trinajstić information content (AvgIpc) is 2.39. The van der Waals surface area contributed by atoms with Crippen molar-refractivity contribution >= 4 is 31.9 Å². The maximum Gasteiger partial charge on any atom is 0.124 e. The van der Waals surface area contributed by atoms with Crippen LogP contribution in [0.3, 0.4) is 0 Å². The molecule has 0 bridgehead atoms. The minimum atomic E-state index is -0.218. The van der Waals surface area contributed by atoms with Crippen LogP contribution in [-0.4, -0.2) is 6.54 Å². The molecule has 106 valence electrons. The van der Waals surface area contributed by atoms with E-state index in [1.54, 1.807) is 6.07 Å². The van der Waals surface area contributed by atoms with E-state index >= 15 is 0 Å². The molecule has 0 aliphatic rings. The molecular formula is C16H16Br2FN. The van der Waals surface area contributed by atoms with Crippen LogP contribution in [0.4, 0.5) is 4.39 Å². The minimum Gasteiger partial charge on any atom is -0.310 e. The quantitative estimate of drug-likeness (QED) is 0.723. The molecular weight excluding hydrogens is 385 g/mol. The largest absolute Gasteiger partial charge is 0.310 e. The highest BCUT2D eigenvalue weighted by Crippen LogP contribution is 2.26. The summed E-state index contributed by atoms with van der Waals surface area (Å²) < 4.78 is 15.4. The Bertz CT molecular complexity index is 566. The topological polar surface area (TPSA) is 12.0 Å². The maximum absolute atomic E-state index is 13.6. The highest BCUT2D eigenvalue weighted by Gasteiger charge is 2.14. The van der Waals surface area contributed by atoms with E-state index in [9.17, 15) is 4.39 Å². The van der Waals surface area contributed by atoms with E-state index in [0.717, 1.165) is 27.5 Å². The summed E-state index contributed by atoms with van der Waals surface area (Å²) in [6.45, 7) is 2.89. The molecule has 1 nitrogen and oxygen atoms in total. The zero-order valence-electron chi connectivity index (χ0n) is 11.2. The molecule has 0 saturated heterocycles. The fourth-order valence-corrected chi connectivity index (χ4v) is 3.14. The van der Waals surface area contributed by atoms with Gasteiger partial charge >= 0.3 is 0 Å². The van der Waals surface area contributed by atoms with Gasteiger partial charge in [-0.3, -0.25) is 0 Å². The lowest BCUT2D eigenvalue weighted by Gasteiger charge is -2.19. The molecule has 0 aromatic heterocycles. The summed E-state index contributed by atoms with van der Waals surface area (Å²) >= 11 is 6.92. The summed E-state index contributed by atoms with van der Waals surface area (Å²) in [7, 11) is 0. The number of rotatable bonds is 5.